The summed E-state index contributed by atoms with van der Waals surface area (Å²) in [7, 11) is 4.20. The van der Waals surface area contributed by atoms with E-state index in [4.69, 9.17) is 9.15 Å². The van der Waals surface area contributed by atoms with Gasteiger partial charge >= 0.3 is 0 Å². The summed E-state index contributed by atoms with van der Waals surface area (Å²) in [6.07, 6.45) is 5.98. The molecule has 160 valence electrons. The molecule has 5 nitrogen and oxygen atoms in total. The predicted octanol–water partition coefficient (Wildman–Crippen LogP) is 4.22. The van der Waals surface area contributed by atoms with E-state index in [-0.39, 0.29) is 0 Å². The van der Waals surface area contributed by atoms with Crippen molar-refractivity contribution in [3.8, 4) is 5.75 Å². The summed E-state index contributed by atoms with van der Waals surface area (Å²) in [6, 6.07) is 12.7. The van der Waals surface area contributed by atoms with Crippen molar-refractivity contribution in [2.45, 2.75) is 64.3 Å². The molecule has 0 spiro atoms. The Labute approximate surface area is 175 Å². The van der Waals surface area contributed by atoms with Gasteiger partial charge in [0.2, 0.25) is 0 Å². The maximum Gasteiger partial charge on any atom is 0.119 e. The van der Waals surface area contributed by atoms with Crippen LogP contribution in [0.25, 0.3) is 0 Å². The van der Waals surface area contributed by atoms with E-state index in [9.17, 15) is 5.11 Å². The summed E-state index contributed by atoms with van der Waals surface area (Å²) in [6.45, 7) is 4.53. The standard InChI is InChI=1S/C24H36N2O3/c1-19-12-13-24(29-19)17-25(2)15-20-8-7-11-23(14-20)28-18-22(27)16-26(3)21-9-5-4-6-10-21/h7-8,11-14,21-22,27H,4-6,9-10,15-18H2,1-3H3/t22-/m0/s1. The molecule has 0 radical (unpaired) electrons. The minimum atomic E-state index is -0.476. The molecule has 5 heteroatoms. The van der Waals surface area contributed by atoms with E-state index >= 15 is 0 Å². The van der Waals surface area contributed by atoms with E-state index in [0.29, 0.717) is 19.2 Å². The van der Waals surface area contributed by atoms with E-state index in [1.54, 1.807) is 0 Å². The zero-order valence-electron chi connectivity index (χ0n) is 18.1. The Morgan fingerprint density at radius 1 is 1.10 bits per heavy atom. The number of hydrogen-bond acceptors (Lipinski definition) is 5. The maximum atomic E-state index is 10.4. The number of rotatable bonds is 10. The summed E-state index contributed by atoms with van der Waals surface area (Å²) in [4.78, 5) is 4.51. The van der Waals surface area contributed by atoms with Gasteiger partial charge < -0.3 is 19.2 Å². The quantitative estimate of drug-likeness (QED) is 0.647. The Morgan fingerprint density at radius 3 is 2.62 bits per heavy atom. The highest BCUT2D eigenvalue weighted by atomic mass is 16.5. The number of likely N-dealkylation sites (N-methyl/N-ethyl adjacent to an activating group) is 1. The lowest BCUT2D eigenvalue weighted by Gasteiger charge is -2.32. The van der Waals surface area contributed by atoms with E-state index < -0.39 is 6.10 Å². The minimum Gasteiger partial charge on any atom is -0.491 e. The Hall–Kier alpha value is -1.82. The third-order valence-electron chi connectivity index (χ3n) is 5.71. The molecule has 0 unspecified atom stereocenters. The molecule has 1 fully saturated rings. The first kappa shape index (κ1) is 21.9. The van der Waals surface area contributed by atoms with Crippen LogP contribution >= 0.6 is 0 Å². The fourth-order valence-electron chi connectivity index (χ4n) is 4.19. The number of aliphatic hydroxyl groups excluding tert-OH is 1. The van der Waals surface area contributed by atoms with Crippen LogP contribution in [-0.2, 0) is 13.1 Å². The number of ether oxygens (including phenoxy) is 1. The van der Waals surface area contributed by atoms with Crippen LogP contribution in [0.1, 0.15) is 49.2 Å². The lowest BCUT2D eigenvalue weighted by molar-refractivity contribution is 0.0561. The van der Waals surface area contributed by atoms with Crippen molar-refractivity contribution in [1.82, 2.24) is 9.80 Å². The lowest BCUT2D eigenvalue weighted by atomic mass is 9.94. The summed E-state index contributed by atoms with van der Waals surface area (Å²) >= 11 is 0. The molecule has 0 aliphatic heterocycles. The van der Waals surface area contributed by atoms with Gasteiger partial charge in [-0.25, -0.2) is 0 Å². The van der Waals surface area contributed by atoms with Gasteiger partial charge in [-0.3, -0.25) is 4.90 Å². The first-order valence-electron chi connectivity index (χ1n) is 10.8. The van der Waals surface area contributed by atoms with Crippen molar-refractivity contribution in [3.05, 3.63) is 53.5 Å². The number of benzene rings is 1. The van der Waals surface area contributed by atoms with Crippen LogP contribution in [0.15, 0.2) is 40.8 Å². The van der Waals surface area contributed by atoms with Crippen LogP contribution in [0.4, 0.5) is 0 Å². The first-order chi connectivity index (χ1) is 14.0. The summed E-state index contributed by atoms with van der Waals surface area (Å²) in [5, 5.41) is 10.4. The fraction of sp³-hybridized carbons (Fsp3) is 0.583. The number of hydrogen-bond donors (Lipinski definition) is 1. The molecule has 1 aliphatic carbocycles. The monoisotopic (exact) mass is 400 g/mol. The highest BCUT2D eigenvalue weighted by Gasteiger charge is 2.20. The molecular weight excluding hydrogens is 364 g/mol. The van der Waals surface area contributed by atoms with Crippen molar-refractivity contribution in [1.29, 1.82) is 0 Å². The highest BCUT2D eigenvalue weighted by Crippen LogP contribution is 2.22. The Kier molecular flexibility index (Phi) is 8.16. The molecule has 1 aromatic heterocycles. The van der Waals surface area contributed by atoms with Gasteiger partial charge in [-0.05, 0) is 63.7 Å². The highest BCUT2D eigenvalue weighted by molar-refractivity contribution is 5.28. The molecule has 0 bridgehead atoms. The normalized spacial score (nSPS) is 16.5. The number of nitrogens with zero attached hydrogens (tertiary/aromatic N) is 2. The van der Waals surface area contributed by atoms with Gasteiger partial charge in [-0.1, -0.05) is 31.4 Å². The van der Waals surface area contributed by atoms with Gasteiger partial charge in [0.05, 0.1) is 6.54 Å². The van der Waals surface area contributed by atoms with E-state index in [1.807, 2.05) is 31.2 Å². The largest absolute Gasteiger partial charge is 0.491 e. The van der Waals surface area contributed by atoms with Gasteiger partial charge in [0.1, 0.15) is 30.0 Å². The van der Waals surface area contributed by atoms with Gasteiger partial charge in [0.25, 0.3) is 0 Å². The maximum absolute atomic E-state index is 10.4. The van der Waals surface area contributed by atoms with Gasteiger partial charge in [0, 0.05) is 19.1 Å². The molecule has 29 heavy (non-hydrogen) atoms. The second kappa shape index (κ2) is 10.8. The molecule has 1 aromatic carbocycles. The topological polar surface area (TPSA) is 49.1 Å². The van der Waals surface area contributed by atoms with Crippen LogP contribution in [0.2, 0.25) is 0 Å². The molecule has 1 saturated carbocycles. The van der Waals surface area contributed by atoms with Crippen molar-refractivity contribution >= 4 is 0 Å². The number of aryl methyl sites for hydroxylation is 1. The second-order valence-corrected chi connectivity index (χ2v) is 8.53. The van der Waals surface area contributed by atoms with Gasteiger partial charge in [-0.15, -0.1) is 0 Å². The van der Waals surface area contributed by atoms with E-state index in [1.165, 1.54) is 37.7 Å². The van der Waals surface area contributed by atoms with Gasteiger partial charge in [0.15, 0.2) is 0 Å². The Morgan fingerprint density at radius 2 is 1.90 bits per heavy atom. The fourth-order valence-corrected chi connectivity index (χ4v) is 4.19. The smallest absolute Gasteiger partial charge is 0.119 e. The predicted molar refractivity (Wildman–Crippen MR) is 116 cm³/mol. The van der Waals surface area contributed by atoms with Crippen molar-refractivity contribution in [3.63, 3.8) is 0 Å². The van der Waals surface area contributed by atoms with Crippen molar-refractivity contribution < 1.29 is 14.3 Å². The molecule has 3 rings (SSSR count). The molecule has 0 amide bonds. The average molecular weight is 401 g/mol. The molecule has 2 aromatic rings. The lowest BCUT2D eigenvalue weighted by Crippen LogP contribution is -2.40. The van der Waals surface area contributed by atoms with Crippen LogP contribution in [0, 0.1) is 6.92 Å². The third kappa shape index (κ3) is 7.18. The third-order valence-corrected chi connectivity index (χ3v) is 5.71. The Balaban J connectivity index is 1.43. The van der Waals surface area contributed by atoms with E-state index in [0.717, 1.165) is 30.4 Å². The SMILES string of the molecule is Cc1ccc(CN(C)Cc2cccc(OC[C@@H](O)CN(C)C3CCCCC3)c2)o1. The minimum absolute atomic E-state index is 0.321. The van der Waals surface area contributed by atoms with Crippen molar-refractivity contribution in [2.24, 2.45) is 0 Å². The number of aliphatic hydroxyl groups is 1. The first-order valence-corrected chi connectivity index (χ1v) is 10.8. The second-order valence-electron chi connectivity index (χ2n) is 8.53. The summed E-state index contributed by atoms with van der Waals surface area (Å²) in [5.74, 6) is 2.73. The molecule has 1 heterocycles. The summed E-state index contributed by atoms with van der Waals surface area (Å²) in [5.41, 5.74) is 1.18. The van der Waals surface area contributed by atoms with Crippen LogP contribution < -0.4 is 4.74 Å². The molecule has 0 saturated heterocycles. The number of furan rings is 1. The average Bonchev–Trinajstić information content (AvgIpc) is 3.11. The molecular formula is C24H36N2O3. The zero-order valence-corrected chi connectivity index (χ0v) is 18.1. The van der Waals surface area contributed by atoms with Crippen LogP contribution in [-0.4, -0.2) is 54.3 Å². The molecule has 1 N–H and O–H groups in total. The Bertz CT molecular complexity index is 739. The molecule has 1 aliphatic rings. The van der Waals surface area contributed by atoms with Crippen LogP contribution in [0.3, 0.4) is 0 Å². The van der Waals surface area contributed by atoms with E-state index in [2.05, 4.69) is 36.0 Å². The van der Waals surface area contributed by atoms with Gasteiger partial charge in [-0.2, -0.15) is 0 Å². The van der Waals surface area contributed by atoms with Crippen molar-refractivity contribution in [2.75, 3.05) is 27.2 Å². The molecule has 1 atom stereocenters. The summed E-state index contributed by atoms with van der Waals surface area (Å²) < 4.78 is 11.5. The van der Waals surface area contributed by atoms with Crippen LogP contribution in [0.5, 0.6) is 5.75 Å². The zero-order chi connectivity index (χ0) is 20.6.